The van der Waals surface area contributed by atoms with E-state index in [0.717, 1.165) is 12.8 Å². The Bertz CT molecular complexity index is 858. The number of aromatic amines is 1. The standard InChI is InChI=1S/C16H22N6O2/c1-16(2,3)22-13-11(7-17-22)14(24)20-15(19-13)18-9-6-12(23)21(8-9)10-4-5-10/h7,9-10H,4-6,8H2,1-3H3,(H2,18,19,20,24). The first kappa shape index (κ1) is 15.2. The minimum Gasteiger partial charge on any atom is -0.351 e. The molecule has 0 aromatic carbocycles. The average Bonchev–Trinajstić information content (AvgIpc) is 3.11. The highest BCUT2D eigenvalue weighted by molar-refractivity contribution is 5.80. The summed E-state index contributed by atoms with van der Waals surface area (Å²) in [5, 5.41) is 7.98. The molecular weight excluding hydrogens is 308 g/mol. The summed E-state index contributed by atoms with van der Waals surface area (Å²) in [7, 11) is 0. The summed E-state index contributed by atoms with van der Waals surface area (Å²) >= 11 is 0. The summed E-state index contributed by atoms with van der Waals surface area (Å²) in [6.45, 7) is 6.71. The van der Waals surface area contributed by atoms with Gasteiger partial charge in [0.25, 0.3) is 5.56 Å². The molecule has 8 heteroatoms. The maximum absolute atomic E-state index is 12.3. The van der Waals surface area contributed by atoms with Gasteiger partial charge in [-0.1, -0.05) is 0 Å². The van der Waals surface area contributed by atoms with E-state index in [1.54, 1.807) is 10.9 Å². The predicted molar refractivity (Wildman–Crippen MR) is 89.9 cm³/mol. The van der Waals surface area contributed by atoms with Gasteiger partial charge in [-0.3, -0.25) is 14.6 Å². The molecule has 2 N–H and O–H groups in total. The van der Waals surface area contributed by atoms with Crippen LogP contribution in [0.15, 0.2) is 11.0 Å². The number of nitrogens with one attached hydrogen (secondary N) is 2. The molecule has 1 atom stereocenters. The first-order valence-corrected chi connectivity index (χ1v) is 8.37. The number of anilines is 1. The maximum atomic E-state index is 12.3. The number of H-pyrrole nitrogens is 1. The van der Waals surface area contributed by atoms with Gasteiger partial charge in [0, 0.05) is 19.0 Å². The second-order valence-electron chi connectivity index (χ2n) is 7.70. The summed E-state index contributed by atoms with van der Waals surface area (Å²) in [4.78, 5) is 33.6. The van der Waals surface area contributed by atoms with E-state index in [2.05, 4.69) is 20.4 Å². The Kier molecular flexibility index (Phi) is 3.20. The fourth-order valence-electron chi connectivity index (χ4n) is 3.24. The number of carbonyl (C=O) groups excluding carboxylic acids is 1. The lowest BCUT2D eigenvalue weighted by molar-refractivity contribution is -0.128. The van der Waals surface area contributed by atoms with Gasteiger partial charge in [-0.05, 0) is 33.6 Å². The number of hydrogen-bond donors (Lipinski definition) is 2. The van der Waals surface area contributed by atoms with E-state index in [1.807, 2.05) is 25.7 Å². The summed E-state index contributed by atoms with van der Waals surface area (Å²) in [5.41, 5.74) is 0.0600. The van der Waals surface area contributed by atoms with E-state index in [9.17, 15) is 9.59 Å². The van der Waals surface area contributed by atoms with Crippen molar-refractivity contribution in [2.24, 2.45) is 0 Å². The molecule has 2 aromatic heterocycles. The molecule has 1 unspecified atom stereocenters. The minimum atomic E-state index is -0.272. The van der Waals surface area contributed by atoms with Crippen LogP contribution in [0.3, 0.4) is 0 Å². The molecule has 128 valence electrons. The Hall–Kier alpha value is -2.38. The third-order valence-corrected chi connectivity index (χ3v) is 4.56. The summed E-state index contributed by atoms with van der Waals surface area (Å²) in [5.74, 6) is 0.576. The average molecular weight is 330 g/mol. The van der Waals surface area contributed by atoms with Gasteiger partial charge < -0.3 is 10.2 Å². The summed E-state index contributed by atoms with van der Waals surface area (Å²) < 4.78 is 1.75. The molecule has 8 nitrogen and oxygen atoms in total. The second-order valence-corrected chi connectivity index (χ2v) is 7.70. The van der Waals surface area contributed by atoms with Crippen LogP contribution in [0.4, 0.5) is 5.95 Å². The SMILES string of the molecule is CC(C)(C)n1ncc2c(=O)[nH]c(NC3CC(=O)N(C4CC4)C3)nc21. The third-order valence-electron chi connectivity index (χ3n) is 4.56. The fourth-order valence-corrected chi connectivity index (χ4v) is 3.24. The van der Waals surface area contributed by atoms with Gasteiger partial charge in [-0.15, -0.1) is 0 Å². The van der Waals surface area contributed by atoms with Crippen molar-refractivity contribution in [3.8, 4) is 0 Å². The minimum absolute atomic E-state index is 0.0234. The zero-order valence-electron chi connectivity index (χ0n) is 14.2. The van der Waals surface area contributed by atoms with Crippen LogP contribution >= 0.6 is 0 Å². The summed E-state index contributed by atoms with van der Waals surface area (Å²) in [6, 6.07) is 0.394. The number of nitrogens with zero attached hydrogens (tertiary/aromatic N) is 4. The Morgan fingerprint density at radius 2 is 2.04 bits per heavy atom. The molecule has 0 radical (unpaired) electrons. The zero-order chi connectivity index (χ0) is 17.1. The van der Waals surface area contributed by atoms with Gasteiger partial charge in [-0.2, -0.15) is 10.1 Å². The Morgan fingerprint density at radius 1 is 1.29 bits per heavy atom. The van der Waals surface area contributed by atoms with Gasteiger partial charge in [0.05, 0.1) is 17.8 Å². The molecule has 24 heavy (non-hydrogen) atoms. The number of amides is 1. The molecule has 4 rings (SSSR count). The van der Waals surface area contributed by atoms with E-state index in [1.165, 1.54) is 0 Å². The molecule has 2 fully saturated rings. The van der Waals surface area contributed by atoms with Crippen molar-refractivity contribution in [2.45, 2.75) is 57.7 Å². The van der Waals surface area contributed by atoms with E-state index >= 15 is 0 Å². The lowest BCUT2D eigenvalue weighted by Gasteiger charge is -2.20. The maximum Gasteiger partial charge on any atom is 0.263 e. The first-order chi connectivity index (χ1) is 11.3. The van der Waals surface area contributed by atoms with Gasteiger partial charge in [0.1, 0.15) is 5.39 Å². The number of fused-ring (bicyclic) bond motifs is 1. The lowest BCUT2D eigenvalue weighted by atomic mass is 10.1. The number of hydrogen-bond acceptors (Lipinski definition) is 5. The molecular formula is C16H22N6O2. The van der Waals surface area contributed by atoms with Crippen molar-refractivity contribution < 1.29 is 4.79 Å². The molecule has 2 aliphatic rings. The van der Waals surface area contributed by atoms with Crippen molar-refractivity contribution in [1.82, 2.24) is 24.6 Å². The van der Waals surface area contributed by atoms with Crippen LogP contribution in [-0.4, -0.2) is 49.2 Å². The van der Waals surface area contributed by atoms with Crippen molar-refractivity contribution in [2.75, 3.05) is 11.9 Å². The van der Waals surface area contributed by atoms with Crippen molar-refractivity contribution in [3.63, 3.8) is 0 Å². The Labute approximate surface area is 139 Å². The molecule has 2 aromatic rings. The third kappa shape index (κ3) is 2.55. The van der Waals surface area contributed by atoms with E-state index in [0.29, 0.717) is 36.0 Å². The van der Waals surface area contributed by atoms with Crippen LogP contribution in [0.5, 0.6) is 0 Å². The number of aromatic nitrogens is 4. The first-order valence-electron chi connectivity index (χ1n) is 8.37. The van der Waals surface area contributed by atoms with Crippen LogP contribution in [-0.2, 0) is 10.3 Å². The fraction of sp³-hybridized carbons (Fsp3) is 0.625. The Balaban J connectivity index is 1.63. The van der Waals surface area contributed by atoms with Gasteiger partial charge >= 0.3 is 0 Å². The topological polar surface area (TPSA) is 95.9 Å². The second kappa shape index (κ2) is 5.06. The van der Waals surface area contributed by atoms with Crippen LogP contribution in [0.25, 0.3) is 11.0 Å². The van der Waals surface area contributed by atoms with Gasteiger partial charge in [0.15, 0.2) is 5.65 Å². The van der Waals surface area contributed by atoms with Gasteiger partial charge in [-0.25, -0.2) is 4.68 Å². The van der Waals surface area contributed by atoms with Crippen LogP contribution in [0.2, 0.25) is 0 Å². The van der Waals surface area contributed by atoms with Crippen LogP contribution in [0.1, 0.15) is 40.0 Å². The highest BCUT2D eigenvalue weighted by atomic mass is 16.2. The zero-order valence-corrected chi connectivity index (χ0v) is 14.2. The quantitative estimate of drug-likeness (QED) is 0.877. The molecule has 0 bridgehead atoms. The number of rotatable bonds is 3. The molecule has 1 saturated heterocycles. The Morgan fingerprint density at radius 3 is 2.71 bits per heavy atom. The predicted octanol–water partition coefficient (Wildman–Crippen LogP) is 1.05. The summed E-state index contributed by atoms with van der Waals surface area (Å²) in [6.07, 6.45) is 4.19. The largest absolute Gasteiger partial charge is 0.351 e. The van der Waals surface area contributed by atoms with Crippen molar-refractivity contribution >= 4 is 22.9 Å². The van der Waals surface area contributed by atoms with Crippen molar-refractivity contribution in [3.05, 3.63) is 16.6 Å². The molecule has 1 saturated carbocycles. The normalized spacial score (nSPS) is 21.7. The van der Waals surface area contributed by atoms with E-state index in [4.69, 9.17) is 0 Å². The van der Waals surface area contributed by atoms with E-state index in [-0.39, 0.29) is 23.0 Å². The molecule has 0 spiro atoms. The van der Waals surface area contributed by atoms with Gasteiger partial charge in [0.2, 0.25) is 11.9 Å². The number of carbonyl (C=O) groups is 1. The van der Waals surface area contributed by atoms with Crippen molar-refractivity contribution in [1.29, 1.82) is 0 Å². The lowest BCUT2D eigenvalue weighted by Crippen LogP contribution is -2.30. The monoisotopic (exact) mass is 330 g/mol. The van der Waals surface area contributed by atoms with Crippen LogP contribution < -0.4 is 10.9 Å². The highest BCUT2D eigenvalue weighted by Crippen LogP contribution is 2.31. The highest BCUT2D eigenvalue weighted by Gasteiger charge is 2.39. The van der Waals surface area contributed by atoms with Crippen LogP contribution in [0, 0.1) is 0 Å². The number of likely N-dealkylation sites (tertiary alicyclic amines) is 1. The van der Waals surface area contributed by atoms with E-state index < -0.39 is 0 Å². The molecule has 3 heterocycles. The molecule has 1 amide bonds. The smallest absolute Gasteiger partial charge is 0.263 e. The molecule has 1 aliphatic heterocycles. The molecule has 1 aliphatic carbocycles.